The predicted molar refractivity (Wildman–Crippen MR) is 124 cm³/mol. The van der Waals surface area contributed by atoms with Crippen molar-refractivity contribution >= 4 is 41.4 Å². The molecule has 0 saturated carbocycles. The first kappa shape index (κ1) is 21.4. The van der Waals surface area contributed by atoms with E-state index in [2.05, 4.69) is 26.3 Å². The lowest BCUT2D eigenvalue weighted by Crippen LogP contribution is -2.36. The van der Waals surface area contributed by atoms with Crippen molar-refractivity contribution < 1.29 is 14.2 Å². The maximum Gasteiger partial charge on any atom is 0.193 e. The van der Waals surface area contributed by atoms with Gasteiger partial charge in [-0.2, -0.15) is 0 Å². The third-order valence-corrected chi connectivity index (χ3v) is 4.60. The summed E-state index contributed by atoms with van der Waals surface area (Å²) in [5, 5.41) is 3.11. The summed E-state index contributed by atoms with van der Waals surface area (Å²) in [5.41, 5.74) is 7.94. The first-order chi connectivity index (χ1) is 13.8. The number of aliphatic imine (C=N–C) groups is 1. The Bertz CT molecular complexity index is 843. The van der Waals surface area contributed by atoms with Crippen molar-refractivity contribution in [2.24, 2.45) is 10.7 Å². The van der Waals surface area contributed by atoms with Gasteiger partial charge in [-0.1, -0.05) is 0 Å². The van der Waals surface area contributed by atoms with Gasteiger partial charge in [-0.05, 0) is 29.8 Å². The molecule has 0 radical (unpaired) electrons. The van der Waals surface area contributed by atoms with E-state index in [4.69, 9.17) is 19.9 Å². The molecule has 0 atom stereocenters. The maximum absolute atomic E-state index is 6.07. The topological polar surface area (TPSA) is 94.2 Å². The van der Waals surface area contributed by atoms with Crippen LogP contribution in [-0.4, -0.2) is 50.5 Å². The molecule has 2 aliphatic heterocycles. The summed E-state index contributed by atoms with van der Waals surface area (Å²) in [6.45, 7) is 4.96. The average molecular weight is 511 g/mol. The molecule has 0 bridgehead atoms. The Morgan fingerprint density at radius 2 is 1.86 bits per heavy atom. The number of nitrogens with two attached hydrogens (primary N) is 1. The summed E-state index contributed by atoms with van der Waals surface area (Å²) in [6.07, 6.45) is 2.68. The normalized spacial score (nSPS) is 16.6. The second-order valence-corrected chi connectivity index (χ2v) is 6.66. The van der Waals surface area contributed by atoms with Crippen LogP contribution in [0.5, 0.6) is 11.5 Å². The number of fused-ring (bicyclic) bond motifs is 1. The van der Waals surface area contributed by atoms with E-state index in [1.807, 2.05) is 30.5 Å². The van der Waals surface area contributed by atoms with Gasteiger partial charge in [0.15, 0.2) is 17.5 Å². The Balaban J connectivity index is 0.00000240. The fraction of sp³-hybridized carbons (Fsp3) is 0.400. The number of hydrogen-bond acceptors (Lipinski definition) is 6. The van der Waals surface area contributed by atoms with E-state index >= 15 is 0 Å². The van der Waals surface area contributed by atoms with Crippen LogP contribution in [0.2, 0.25) is 0 Å². The summed E-state index contributed by atoms with van der Waals surface area (Å²) in [6, 6.07) is 9.67. The average Bonchev–Trinajstić information content (AvgIpc) is 2.98. The van der Waals surface area contributed by atoms with Crippen LogP contribution in [0.25, 0.3) is 0 Å². The van der Waals surface area contributed by atoms with Gasteiger partial charge in [-0.3, -0.25) is 0 Å². The summed E-state index contributed by atoms with van der Waals surface area (Å²) < 4.78 is 16.7. The fourth-order valence-corrected chi connectivity index (χ4v) is 3.13. The number of nitrogens with one attached hydrogen (secondary N) is 1. The highest BCUT2D eigenvalue weighted by Crippen LogP contribution is 2.32. The standard InChI is InChI=1S/C20H25N5O3.HI/c21-20(24-16-2-3-17-18(13-16)28-9-1-8-27-17)23-14-15-4-5-22-19(12-15)25-6-10-26-11-7-25;/h2-5,12-13H,1,6-11,14H2,(H3,21,23,24);1H. The van der Waals surface area contributed by atoms with E-state index in [-0.39, 0.29) is 24.0 Å². The van der Waals surface area contributed by atoms with Crippen LogP contribution < -0.4 is 25.4 Å². The lowest BCUT2D eigenvalue weighted by molar-refractivity contribution is 0.122. The van der Waals surface area contributed by atoms with Crippen LogP contribution in [0.3, 0.4) is 0 Å². The van der Waals surface area contributed by atoms with Gasteiger partial charge in [-0.25, -0.2) is 9.98 Å². The first-order valence-corrected chi connectivity index (χ1v) is 9.52. The second-order valence-electron chi connectivity index (χ2n) is 6.66. The van der Waals surface area contributed by atoms with Crippen LogP contribution in [0.15, 0.2) is 41.5 Å². The number of pyridine rings is 1. The largest absolute Gasteiger partial charge is 0.490 e. The molecule has 3 heterocycles. The van der Waals surface area contributed by atoms with Crippen molar-refractivity contribution in [1.82, 2.24) is 4.98 Å². The Hall–Kier alpha value is -2.27. The lowest BCUT2D eigenvalue weighted by Gasteiger charge is -2.27. The zero-order chi connectivity index (χ0) is 19.2. The minimum atomic E-state index is 0. The van der Waals surface area contributed by atoms with Gasteiger partial charge in [0.1, 0.15) is 5.82 Å². The van der Waals surface area contributed by atoms with Crippen molar-refractivity contribution in [3.63, 3.8) is 0 Å². The predicted octanol–water partition coefficient (Wildman–Crippen LogP) is 2.62. The molecule has 0 aliphatic carbocycles. The Morgan fingerprint density at radius 1 is 1.07 bits per heavy atom. The second kappa shape index (κ2) is 10.5. The summed E-state index contributed by atoms with van der Waals surface area (Å²) in [5.74, 6) is 2.77. The molecule has 0 spiro atoms. The van der Waals surface area contributed by atoms with Crippen molar-refractivity contribution in [1.29, 1.82) is 0 Å². The molecule has 0 amide bonds. The minimum absolute atomic E-state index is 0. The van der Waals surface area contributed by atoms with Crippen molar-refractivity contribution in [2.75, 3.05) is 49.7 Å². The molecule has 4 rings (SSSR count). The van der Waals surface area contributed by atoms with E-state index in [0.29, 0.717) is 25.7 Å². The van der Waals surface area contributed by atoms with E-state index in [9.17, 15) is 0 Å². The number of guanidine groups is 1. The molecule has 2 aromatic rings. The molecule has 1 fully saturated rings. The van der Waals surface area contributed by atoms with Crippen LogP contribution >= 0.6 is 24.0 Å². The van der Waals surface area contributed by atoms with Gasteiger partial charge < -0.3 is 30.2 Å². The Morgan fingerprint density at radius 3 is 2.69 bits per heavy atom. The summed E-state index contributed by atoms with van der Waals surface area (Å²) >= 11 is 0. The number of anilines is 2. The monoisotopic (exact) mass is 511 g/mol. The van der Waals surface area contributed by atoms with Crippen LogP contribution in [0.1, 0.15) is 12.0 Å². The molecule has 1 aromatic carbocycles. The number of morpholine rings is 1. The SMILES string of the molecule is I.NC(=NCc1ccnc(N2CCOCC2)c1)Nc1ccc2c(c1)OCCCO2. The minimum Gasteiger partial charge on any atom is -0.490 e. The highest BCUT2D eigenvalue weighted by Gasteiger charge is 2.13. The number of hydrogen-bond donors (Lipinski definition) is 2. The van der Waals surface area contributed by atoms with Gasteiger partial charge in [-0.15, -0.1) is 24.0 Å². The van der Waals surface area contributed by atoms with Crippen LogP contribution in [0.4, 0.5) is 11.5 Å². The molecular weight excluding hydrogens is 485 g/mol. The molecule has 1 saturated heterocycles. The van der Waals surface area contributed by atoms with Gasteiger partial charge >= 0.3 is 0 Å². The first-order valence-electron chi connectivity index (χ1n) is 9.52. The zero-order valence-corrected chi connectivity index (χ0v) is 18.5. The van der Waals surface area contributed by atoms with Gasteiger partial charge in [0.25, 0.3) is 0 Å². The van der Waals surface area contributed by atoms with E-state index in [1.165, 1.54) is 0 Å². The molecule has 1 aromatic heterocycles. The molecule has 29 heavy (non-hydrogen) atoms. The van der Waals surface area contributed by atoms with Gasteiger partial charge in [0.05, 0.1) is 33.0 Å². The van der Waals surface area contributed by atoms with E-state index in [0.717, 1.165) is 61.3 Å². The lowest BCUT2D eigenvalue weighted by atomic mass is 10.2. The van der Waals surface area contributed by atoms with Crippen LogP contribution in [-0.2, 0) is 11.3 Å². The van der Waals surface area contributed by atoms with E-state index < -0.39 is 0 Å². The number of halogens is 1. The summed E-state index contributed by atoms with van der Waals surface area (Å²) in [7, 11) is 0. The Labute approximate surface area is 187 Å². The zero-order valence-electron chi connectivity index (χ0n) is 16.2. The highest BCUT2D eigenvalue weighted by atomic mass is 127. The van der Waals surface area contributed by atoms with Crippen LogP contribution in [0, 0.1) is 0 Å². The van der Waals surface area contributed by atoms with Crippen molar-refractivity contribution in [3.05, 3.63) is 42.1 Å². The summed E-state index contributed by atoms with van der Waals surface area (Å²) in [4.78, 5) is 11.1. The molecule has 9 heteroatoms. The molecular formula is C20H26IN5O3. The molecule has 2 aliphatic rings. The molecule has 0 unspecified atom stereocenters. The highest BCUT2D eigenvalue weighted by molar-refractivity contribution is 14.0. The molecule has 156 valence electrons. The number of ether oxygens (including phenoxy) is 3. The number of nitrogens with zero attached hydrogens (tertiary/aromatic N) is 3. The van der Waals surface area contributed by atoms with Gasteiger partial charge in [0, 0.05) is 37.5 Å². The third kappa shape index (κ3) is 5.86. The number of benzene rings is 1. The van der Waals surface area contributed by atoms with E-state index in [1.54, 1.807) is 0 Å². The van der Waals surface area contributed by atoms with Crippen molar-refractivity contribution in [2.45, 2.75) is 13.0 Å². The quantitative estimate of drug-likeness (QED) is 0.371. The number of aromatic nitrogens is 1. The number of rotatable bonds is 4. The fourth-order valence-electron chi connectivity index (χ4n) is 3.13. The van der Waals surface area contributed by atoms with Crippen molar-refractivity contribution in [3.8, 4) is 11.5 Å². The third-order valence-electron chi connectivity index (χ3n) is 4.60. The smallest absolute Gasteiger partial charge is 0.193 e. The molecule has 8 nitrogen and oxygen atoms in total. The molecule has 3 N–H and O–H groups in total. The maximum atomic E-state index is 6.07. The van der Waals surface area contributed by atoms with Gasteiger partial charge in [0.2, 0.25) is 0 Å². The Kier molecular flexibility index (Phi) is 7.76.